The molecule has 0 radical (unpaired) electrons. The first-order valence-electron chi connectivity index (χ1n) is 7.70. The molecule has 0 unspecified atom stereocenters. The minimum Gasteiger partial charge on any atom is -0.350 e. The van der Waals surface area contributed by atoms with Crippen LogP contribution in [0, 0.1) is 13.8 Å². The van der Waals surface area contributed by atoms with Gasteiger partial charge in [0.05, 0.1) is 10.6 Å². The second kappa shape index (κ2) is 7.05. The Kier molecular flexibility index (Phi) is 5.29. The van der Waals surface area contributed by atoms with Crippen LogP contribution in [0.25, 0.3) is 0 Å². The SMILES string of the molecule is Cc1ccc(NS(=O)(=O)c2cccc(C(=O)NC(C)C)c2)c(C)c1. The van der Waals surface area contributed by atoms with E-state index in [1.807, 2.05) is 39.8 Å². The zero-order valence-electron chi connectivity index (χ0n) is 14.3. The van der Waals surface area contributed by atoms with E-state index < -0.39 is 10.0 Å². The highest BCUT2D eigenvalue weighted by molar-refractivity contribution is 7.92. The Morgan fingerprint density at radius 3 is 2.38 bits per heavy atom. The molecule has 0 bridgehead atoms. The molecule has 2 aromatic carbocycles. The number of amides is 1. The Labute approximate surface area is 143 Å². The first-order valence-corrected chi connectivity index (χ1v) is 9.18. The highest BCUT2D eigenvalue weighted by Gasteiger charge is 2.17. The van der Waals surface area contributed by atoms with Crippen LogP contribution in [-0.4, -0.2) is 20.4 Å². The van der Waals surface area contributed by atoms with Crippen LogP contribution in [-0.2, 0) is 10.0 Å². The minimum absolute atomic E-state index is 0.0221. The summed E-state index contributed by atoms with van der Waals surface area (Å²) in [4.78, 5) is 12.1. The van der Waals surface area contributed by atoms with Gasteiger partial charge in [-0.2, -0.15) is 0 Å². The van der Waals surface area contributed by atoms with E-state index in [1.165, 1.54) is 12.1 Å². The van der Waals surface area contributed by atoms with Gasteiger partial charge in [-0.05, 0) is 57.5 Å². The van der Waals surface area contributed by atoms with Crippen molar-refractivity contribution in [2.75, 3.05) is 4.72 Å². The van der Waals surface area contributed by atoms with Crippen molar-refractivity contribution < 1.29 is 13.2 Å². The van der Waals surface area contributed by atoms with Gasteiger partial charge in [0.25, 0.3) is 15.9 Å². The average molecular weight is 346 g/mol. The van der Waals surface area contributed by atoms with Crippen molar-refractivity contribution in [3.63, 3.8) is 0 Å². The maximum atomic E-state index is 12.6. The van der Waals surface area contributed by atoms with E-state index in [1.54, 1.807) is 18.2 Å². The van der Waals surface area contributed by atoms with Gasteiger partial charge in [-0.25, -0.2) is 8.42 Å². The number of hydrogen-bond donors (Lipinski definition) is 2. The number of benzene rings is 2. The third kappa shape index (κ3) is 4.35. The molecule has 2 N–H and O–H groups in total. The summed E-state index contributed by atoms with van der Waals surface area (Å²) >= 11 is 0. The summed E-state index contributed by atoms with van der Waals surface area (Å²) in [5, 5.41) is 2.75. The summed E-state index contributed by atoms with van der Waals surface area (Å²) in [6, 6.07) is 11.5. The third-order valence-electron chi connectivity index (χ3n) is 3.45. The van der Waals surface area contributed by atoms with Gasteiger partial charge in [0.2, 0.25) is 0 Å². The van der Waals surface area contributed by atoms with Crippen LogP contribution in [0.1, 0.15) is 35.3 Å². The van der Waals surface area contributed by atoms with E-state index in [0.29, 0.717) is 11.3 Å². The zero-order chi connectivity index (χ0) is 17.9. The van der Waals surface area contributed by atoms with Crippen LogP contribution < -0.4 is 10.0 Å². The van der Waals surface area contributed by atoms with Gasteiger partial charge in [0.1, 0.15) is 0 Å². The molecule has 24 heavy (non-hydrogen) atoms. The van der Waals surface area contributed by atoms with Crippen molar-refractivity contribution >= 4 is 21.6 Å². The van der Waals surface area contributed by atoms with Crippen LogP contribution in [0.5, 0.6) is 0 Å². The van der Waals surface area contributed by atoms with Crippen LogP contribution in [0.2, 0.25) is 0 Å². The van der Waals surface area contributed by atoms with E-state index >= 15 is 0 Å². The Bertz CT molecular complexity index is 858. The molecule has 128 valence electrons. The number of carbonyl (C=O) groups is 1. The standard InChI is InChI=1S/C18H22N2O3S/c1-12(2)19-18(21)15-6-5-7-16(11-15)24(22,23)20-17-9-8-13(3)10-14(17)4/h5-12,20H,1-4H3,(H,19,21). The third-order valence-corrected chi connectivity index (χ3v) is 4.82. The van der Waals surface area contributed by atoms with Crippen molar-refractivity contribution in [2.24, 2.45) is 0 Å². The zero-order valence-corrected chi connectivity index (χ0v) is 15.1. The number of rotatable bonds is 5. The van der Waals surface area contributed by atoms with Crippen LogP contribution in [0.3, 0.4) is 0 Å². The fourth-order valence-electron chi connectivity index (χ4n) is 2.28. The maximum Gasteiger partial charge on any atom is 0.261 e. The summed E-state index contributed by atoms with van der Waals surface area (Å²) in [5.41, 5.74) is 2.74. The van der Waals surface area contributed by atoms with Crippen molar-refractivity contribution in [2.45, 2.75) is 38.6 Å². The van der Waals surface area contributed by atoms with Crippen LogP contribution in [0.4, 0.5) is 5.69 Å². The van der Waals surface area contributed by atoms with Gasteiger partial charge < -0.3 is 5.32 Å². The number of anilines is 1. The van der Waals surface area contributed by atoms with Gasteiger partial charge in [-0.1, -0.05) is 23.8 Å². The lowest BCUT2D eigenvalue weighted by Gasteiger charge is -2.13. The molecule has 0 atom stereocenters. The molecule has 0 aliphatic carbocycles. The molecule has 0 saturated heterocycles. The molecule has 0 aliphatic heterocycles. The Balaban J connectivity index is 2.31. The number of carbonyl (C=O) groups excluding carboxylic acids is 1. The molecule has 6 heteroatoms. The van der Waals surface area contributed by atoms with Crippen molar-refractivity contribution in [3.05, 3.63) is 59.2 Å². The monoisotopic (exact) mass is 346 g/mol. The normalized spacial score (nSPS) is 11.4. The Morgan fingerprint density at radius 2 is 1.75 bits per heavy atom. The van der Waals surface area contributed by atoms with Gasteiger partial charge in [0.15, 0.2) is 0 Å². The van der Waals surface area contributed by atoms with Gasteiger partial charge in [-0.3, -0.25) is 9.52 Å². The van der Waals surface area contributed by atoms with E-state index in [-0.39, 0.29) is 16.8 Å². The molecule has 1 amide bonds. The summed E-state index contributed by atoms with van der Waals surface area (Å²) in [6.45, 7) is 7.49. The molecule has 2 rings (SSSR count). The van der Waals surface area contributed by atoms with Gasteiger partial charge >= 0.3 is 0 Å². The number of hydrogen-bond acceptors (Lipinski definition) is 3. The maximum absolute atomic E-state index is 12.6. The van der Waals surface area contributed by atoms with Crippen LogP contribution in [0.15, 0.2) is 47.4 Å². The second-order valence-electron chi connectivity index (χ2n) is 6.08. The predicted molar refractivity (Wildman–Crippen MR) is 95.8 cm³/mol. The lowest BCUT2D eigenvalue weighted by Crippen LogP contribution is -2.30. The number of sulfonamides is 1. The minimum atomic E-state index is -3.76. The summed E-state index contributed by atoms with van der Waals surface area (Å²) in [5.74, 6) is -0.298. The number of nitrogens with one attached hydrogen (secondary N) is 2. The highest BCUT2D eigenvalue weighted by Crippen LogP contribution is 2.21. The average Bonchev–Trinajstić information content (AvgIpc) is 2.49. The fourth-order valence-corrected chi connectivity index (χ4v) is 3.46. The molecule has 5 nitrogen and oxygen atoms in total. The summed E-state index contributed by atoms with van der Waals surface area (Å²) < 4.78 is 27.8. The second-order valence-corrected chi connectivity index (χ2v) is 7.76. The molecule has 0 heterocycles. The molecule has 0 fully saturated rings. The first kappa shape index (κ1) is 18.0. The molecular formula is C18H22N2O3S. The smallest absolute Gasteiger partial charge is 0.261 e. The predicted octanol–water partition coefficient (Wildman–Crippen LogP) is 3.24. The number of aryl methyl sites for hydroxylation is 2. The highest BCUT2D eigenvalue weighted by atomic mass is 32.2. The van der Waals surface area contributed by atoms with Crippen molar-refractivity contribution in [1.82, 2.24) is 5.32 Å². The van der Waals surface area contributed by atoms with Gasteiger partial charge in [0, 0.05) is 11.6 Å². The van der Waals surface area contributed by atoms with E-state index in [2.05, 4.69) is 10.0 Å². The first-order chi connectivity index (χ1) is 11.2. The van der Waals surface area contributed by atoms with E-state index in [9.17, 15) is 13.2 Å². The molecule has 0 saturated carbocycles. The molecular weight excluding hydrogens is 324 g/mol. The molecule has 0 aromatic heterocycles. The lowest BCUT2D eigenvalue weighted by molar-refractivity contribution is 0.0943. The summed E-state index contributed by atoms with van der Waals surface area (Å²) in [7, 11) is -3.76. The van der Waals surface area contributed by atoms with E-state index in [4.69, 9.17) is 0 Å². The van der Waals surface area contributed by atoms with E-state index in [0.717, 1.165) is 11.1 Å². The van der Waals surface area contributed by atoms with Crippen molar-refractivity contribution in [3.8, 4) is 0 Å². The van der Waals surface area contributed by atoms with Crippen LogP contribution >= 0.6 is 0 Å². The van der Waals surface area contributed by atoms with Gasteiger partial charge in [-0.15, -0.1) is 0 Å². The lowest BCUT2D eigenvalue weighted by atomic mass is 10.1. The molecule has 0 aliphatic rings. The quantitative estimate of drug-likeness (QED) is 0.873. The summed E-state index contributed by atoms with van der Waals surface area (Å²) in [6.07, 6.45) is 0. The topological polar surface area (TPSA) is 75.3 Å². The van der Waals surface area contributed by atoms with Crippen molar-refractivity contribution in [1.29, 1.82) is 0 Å². The molecule has 2 aromatic rings. The fraction of sp³-hybridized carbons (Fsp3) is 0.278. The Hall–Kier alpha value is -2.34. The largest absolute Gasteiger partial charge is 0.350 e. The molecule has 0 spiro atoms. The Morgan fingerprint density at radius 1 is 1.04 bits per heavy atom.